The predicted molar refractivity (Wildman–Crippen MR) is 85.4 cm³/mol. The van der Waals surface area contributed by atoms with Crippen LogP contribution in [0.25, 0.3) is 0 Å². The van der Waals surface area contributed by atoms with Crippen molar-refractivity contribution in [2.45, 2.75) is 25.4 Å². The van der Waals surface area contributed by atoms with Gasteiger partial charge in [-0.05, 0) is 44.0 Å². The lowest BCUT2D eigenvalue weighted by atomic mass is 10.1. The number of nitrogens with one attached hydrogen (secondary N) is 1. The van der Waals surface area contributed by atoms with Gasteiger partial charge in [0, 0.05) is 18.8 Å². The van der Waals surface area contributed by atoms with Gasteiger partial charge in [-0.3, -0.25) is 4.79 Å². The van der Waals surface area contributed by atoms with Gasteiger partial charge >= 0.3 is 0 Å². The molecule has 4 heteroatoms. The van der Waals surface area contributed by atoms with Gasteiger partial charge in [0.15, 0.2) is 0 Å². The van der Waals surface area contributed by atoms with Crippen molar-refractivity contribution in [1.82, 2.24) is 4.90 Å². The average molecular weight is 288 g/mol. The summed E-state index contributed by atoms with van der Waals surface area (Å²) in [6, 6.07) is 8.02. The summed E-state index contributed by atoms with van der Waals surface area (Å²) in [6.07, 6.45) is 4.64. The Hall–Kier alpha value is -1.65. The van der Waals surface area contributed by atoms with Gasteiger partial charge in [0.1, 0.15) is 6.10 Å². The Morgan fingerprint density at radius 1 is 1.57 bits per heavy atom. The van der Waals surface area contributed by atoms with E-state index in [1.54, 1.807) is 0 Å². The highest BCUT2D eigenvalue weighted by Gasteiger charge is 2.24. The van der Waals surface area contributed by atoms with E-state index >= 15 is 0 Å². The van der Waals surface area contributed by atoms with Gasteiger partial charge in [-0.1, -0.05) is 18.2 Å². The monoisotopic (exact) mass is 288 g/mol. The number of amides is 1. The Bertz CT molecular complexity index is 487. The highest BCUT2D eigenvalue weighted by Crippen LogP contribution is 2.14. The number of benzene rings is 1. The fourth-order valence-corrected chi connectivity index (χ4v) is 2.41. The van der Waals surface area contributed by atoms with Crippen molar-refractivity contribution in [2.75, 3.05) is 32.1 Å². The summed E-state index contributed by atoms with van der Waals surface area (Å²) in [6.45, 7) is 5.86. The molecular weight excluding hydrogens is 264 g/mol. The Labute approximate surface area is 126 Å². The molecule has 21 heavy (non-hydrogen) atoms. The van der Waals surface area contributed by atoms with Crippen LogP contribution in [-0.4, -0.2) is 43.7 Å². The quantitative estimate of drug-likeness (QED) is 0.646. The Kier molecular flexibility index (Phi) is 5.96. The van der Waals surface area contributed by atoms with E-state index in [9.17, 15) is 4.79 Å². The molecule has 0 bridgehead atoms. The maximum Gasteiger partial charge on any atom is 0.254 e. The van der Waals surface area contributed by atoms with E-state index in [0.29, 0.717) is 13.2 Å². The molecule has 0 aliphatic carbocycles. The van der Waals surface area contributed by atoms with E-state index in [4.69, 9.17) is 4.74 Å². The maximum atomic E-state index is 12.2. The molecule has 1 heterocycles. The topological polar surface area (TPSA) is 41.6 Å². The molecule has 1 aliphatic rings. The summed E-state index contributed by atoms with van der Waals surface area (Å²) in [4.78, 5) is 14.3. The molecule has 4 nitrogen and oxygen atoms in total. The van der Waals surface area contributed by atoms with Crippen molar-refractivity contribution in [3.05, 3.63) is 42.5 Å². The van der Waals surface area contributed by atoms with Crippen LogP contribution in [0.3, 0.4) is 0 Å². The fraction of sp³-hybridized carbons (Fsp3) is 0.471. The van der Waals surface area contributed by atoms with E-state index in [1.807, 2.05) is 31.3 Å². The first-order chi connectivity index (χ1) is 10.2. The second-order valence-electron chi connectivity index (χ2n) is 5.49. The van der Waals surface area contributed by atoms with Gasteiger partial charge in [-0.2, -0.15) is 0 Å². The molecule has 114 valence electrons. The molecule has 2 rings (SSSR count). The number of hydrogen-bond acceptors (Lipinski definition) is 3. The molecule has 1 N–H and O–H groups in total. The van der Waals surface area contributed by atoms with Crippen LogP contribution in [-0.2, 0) is 16.0 Å². The van der Waals surface area contributed by atoms with Crippen LogP contribution < -0.4 is 5.32 Å². The van der Waals surface area contributed by atoms with Crippen molar-refractivity contribution in [3.8, 4) is 0 Å². The molecule has 1 fully saturated rings. The van der Waals surface area contributed by atoms with Crippen LogP contribution >= 0.6 is 0 Å². The number of carbonyl (C=O) groups is 1. The molecule has 1 saturated heterocycles. The standard InChI is InChI=1S/C17H24N2O2/c1-3-4-5-7-14-8-6-9-15(12-14)18-17(20)16-13-19(2)10-11-21-16/h3,6,8-9,12,16H,1,4-5,7,10-11,13H2,2H3,(H,18,20). The number of carbonyl (C=O) groups excluding carboxylic acids is 1. The van der Waals surface area contributed by atoms with E-state index in [-0.39, 0.29) is 12.0 Å². The van der Waals surface area contributed by atoms with Gasteiger partial charge < -0.3 is 15.0 Å². The van der Waals surface area contributed by atoms with Gasteiger partial charge in [-0.15, -0.1) is 6.58 Å². The number of likely N-dealkylation sites (N-methyl/N-ethyl adjacent to an activating group) is 1. The third-order valence-electron chi connectivity index (χ3n) is 3.63. The van der Waals surface area contributed by atoms with Crippen LogP contribution in [0.4, 0.5) is 5.69 Å². The molecule has 1 unspecified atom stereocenters. The average Bonchev–Trinajstić information content (AvgIpc) is 2.48. The highest BCUT2D eigenvalue weighted by molar-refractivity contribution is 5.94. The molecular formula is C17H24N2O2. The van der Waals surface area contributed by atoms with Crippen molar-refractivity contribution in [2.24, 2.45) is 0 Å². The van der Waals surface area contributed by atoms with Crippen molar-refractivity contribution >= 4 is 11.6 Å². The predicted octanol–water partition coefficient (Wildman–Crippen LogP) is 2.46. The summed E-state index contributed by atoms with van der Waals surface area (Å²) >= 11 is 0. The van der Waals surface area contributed by atoms with Crippen LogP contribution in [0.1, 0.15) is 18.4 Å². The zero-order chi connectivity index (χ0) is 15.1. The fourth-order valence-electron chi connectivity index (χ4n) is 2.41. The summed E-state index contributed by atoms with van der Waals surface area (Å²) in [5, 5.41) is 2.95. The van der Waals surface area contributed by atoms with Crippen LogP contribution in [0, 0.1) is 0 Å². The molecule has 0 radical (unpaired) electrons. The number of anilines is 1. The smallest absolute Gasteiger partial charge is 0.254 e. The van der Waals surface area contributed by atoms with Gasteiger partial charge in [0.25, 0.3) is 5.91 Å². The largest absolute Gasteiger partial charge is 0.366 e. The zero-order valence-electron chi connectivity index (χ0n) is 12.7. The molecule has 1 atom stereocenters. The number of ether oxygens (including phenoxy) is 1. The summed E-state index contributed by atoms with van der Waals surface area (Å²) in [5.41, 5.74) is 2.07. The van der Waals surface area contributed by atoms with Crippen molar-refractivity contribution in [1.29, 1.82) is 0 Å². The van der Waals surface area contributed by atoms with E-state index in [2.05, 4.69) is 22.9 Å². The first kappa shape index (κ1) is 15.7. The first-order valence-electron chi connectivity index (χ1n) is 7.50. The van der Waals surface area contributed by atoms with Crippen molar-refractivity contribution < 1.29 is 9.53 Å². The lowest BCUT2D eigenvalue weighted by Crippen LogP contribution is -2.46. The minimum absolute atomic E-state index is 0.0650. The van der Waals surface area contributed by atoms with Crippen LogP contribution in [0.15, 0.2) is 36.9 Å². The molecule has 0 aromatic heterocycles. The number of nitrogens with zero attached hydrogens (tertiary/aromatic N) is 1. The third-order valence-corrected chi connectivity index (χ3v) is 3.63. The van der Waals surface area contributed by atoms with Crippen molar-refractivity contribution in [3.63, 3.8) is 0 Å². The summed E-state index contributed by atoms with van der Waals surface area (Å²) in [7, 11) is 2.00. The minimum Gasteiger partial charge on any atom is -0.366 e. The van der Waals surface area contributed by atoms with E-state index < -0.39 is 0 Å². The number of aryl methyl sites for hydroxylation is 1. The lowest BCUT2D eigenvalue weighted by molar-refractivity contribution is -0.132. The number of unbranched alkanes of at least 4 members (excludes halogenated alkanes) is 1. The SMILES string of the molecule is C=CCCCc1cccc(NC(=O)C2CN(C)CCO2)c1. The molecule has 1 aliphatic heterocycles. The molecule has 1 amide bonds. The maximum absolute atomic E-state index is 12.2. The molecule has 0 saturated carbocycles. The highest BCUT2D eigenvalue weighted by atomic mass is 16.5. The van der Waals surface area contributed by atoms with Crippen LogP contribution in [0.5, 0.6) is 0 Å². The molecule has 0 spiro atoms. The summed E-state index contributed by atoms with van der Waals surface area (Å²) in [5.74, 6) is -0.0650. The Balaban J connectivity index is 1.90. The van der Waals surface area contributed by atoms with Gasteiger partial charge in [0.2, 0.25) is 0 Å². The number of morpholine rings is 1. The second-order valence-corrected chi connectivity index (χ2v) is 5.49. The second kappa shape index (κ2) is 7.96. The zero-order valence-corrected chi connectivity index (χ0v) is 12.7. The number of allylic oxidation sites excluding steroid dienone is 1. The number of rotatable bonds is 6. The molecule has 1 aromatic carbocycles. The van der Waals surface area contributed by atoms with Gasteiger partial charge in [-0.25, -0.2) is 0 Å². The normalized spacial score (nSPS) is 19.2. The third kappa shape index (κ3) is 4.99. The van der Waals surface area contributed by atoms with E-state index in [0.717, 1.165) is 31.5 Å². The Morgan fingerprint density at radius 2 is 2.43 bits per heavy atom. The number of hydrogen-bond donors (Lipinski definition) is 1. The van der Waals surface area contributed by atoms with Crippen LogP contribution in [0.2, 0.25) is 0 Å². The summed E-state index contributed by atoms with van der Waals surface area (Å²) < 4.78 is 5.53. The Morgan fingerprint density at radius 3 is 3.19 bits per heavy atom. The first-order valence-corrected chi connectivity index (χ1v) is 7.50. The van der Waals surface area contributed by atoms with E-state index in [1.165, 1.54) is 5.56 Å². The molecule has 1 aromatic rings. The van der Waals surface area contributed by atoms with Gasteiger partial charge in [0.05, 0.1) is 6.61 Å². The lowest BCUT2D eigenvalue weighted by Gasteiger charge is -2.29. The minimum atomic E-state index is -0.381.